The standard InChI is InChI=1S/C24H28FN3O4S/c25-21-8-3-1-6-19(21)18-33(30,31)23-16-28(22-9-4-2-7-20(22)23)17-24(29)26-10-5-11-27-12-14-32-15-13-27/h1-4,6-9,16H,5,10-15,17-18H2,(H,26,29). The van der Waals surface area contributed by atoms with E-state index in [0.29, 0.717) is 17.4 Å². The van der Waals surface area contributed by atoms with Crippen LogP contribution in [0.1, 0.15) is 12.0 Å². The summed E-state index contributed by atoms with van der Waals surface area (Å²) in [6.45, 7) is 4.76. The number of carbonyl (C=O) groups excluding carboxylic acids is 1. The second kappa shape index (κ2) is 10.5. The van der Waals surface area contributed by atoms with Gasteiger partial charge in [-0.25, -0.2) is 12.8 Å². The summed E-state index contributed by atoms with van der Waals surface area (Å²) >= 11 is 0. The van der Waals surface area contributed by atoms with Gasteiger partial charge in [0.05, 0.1) is 23.9 Å². The summed E-state index contributed by atoms with van der Waals surface area (Å²) in [4.78, 5) is 14.9. The molecule has 1 aliphatic heterocycles. The maximum Gasteiger partial charge on any atom is 0.239 e. The molecule has 0 atom stereocenters. The molecule has 176 valence electrons. The van der Waals surface area contributed by atoms with Crippen LogP contribution in [0.4, 0.5) is 4.39 Å². The summed E-state index contributed by atoms with van der Waals surface area (Å²) in [5.41, 5.74) is 0.764. The SMILES string of the molecule is O=C(Cn1cc(S(=O)(=O)Cc2ccccc2F)c2ccccc21)NCCCN1CCOCC1. The lowest BCUT2D eigenvalue weighted by Crippen LogP contribution is -2.38. The molecule has 33 heavy (non-hydrogen) atoms. The first kappa shape index (κ1) is 23.4. The lowest BCUT2D eigenvalue weighted by molar-refractivity contribution is -0.121. The minimum absolute atomic E-state index is 0.00723. The van der Waals surface area contributed by atoms with Gasteiger partial charge in [-0.05, 0) is 25.1 Å². The Kier molecular flexibility index (Phi) is 7.42. The van der Waals surface area contributed by atoms with Crippen molar-refractivity contribution < 1.29 is 22.3 Å². The molecule has 0 saturated carbocycles. The van der Waals surface area contributed by atoms with E-state index in [-0.39, 0.29) is 22.9 Å². The summed E-state index contributed by atoms with van der Waals surface area (Å²) in [6, 6.07) is 12.9. The molecule has 9 heteroatoms. The molecule has 1 amide bonds. The molecule has 3 aromatic rings. The number of para-hydroxylation sites is 1. The van der Waals surface area contributed by atoms with Crippen LogP contribution in [0.3, 0.4) is 0 Å². The van der Waals surface area contributed by atoms with E-state index in [1.54, 1.807) is 34.9 Å². The van der Waals surface area contributed by atoms with E-state index in [0.717, 1.165) is 39.3 Å². The number of sulfone groups is 1. The Hall–Kier alpha value is -2.75. The number of amides is 1. The van der Waals surface area contributed by atoms with Gasteiger partial charge in [-0.2, -0.15) is 0 Å². The Morgan fingerprint density at radius 2 is 1.79 bits per heavy atom. The number of hydrogen-bond acceptors (Lipinski definition) is 5. The molecule has 1 aliphatic rings. The Morgan fingerprint density at radius 1 is 1.06 bits per heavy atom. The average Bonchev–Trinajstić information content (AvgIpc) is 3.18. The third kappa shape index (κ3) is 5.79. The largest absolute Gasteiger partial charge is 0.379 e. The van der Waals surface area contributed by atoms with Gasteiger partial charge in [0.25, 0.3) is 0 Å². The number of nitrogens with zero attached hydrogens (tertiary/aromatic N) is 2. The quantitative estimate of drug-likeness (QED) is 0.483. The Bertz CT molecular complexity index is 1220. The first-order chi connectivity index (χ1) is 15.9. The zero-order valence-corrected chi connectivity index (χ0v) is 19.2. The maximum absolute atomic E-state index is 14.1. The molecule has 2 heterocycles. The zero-order valence-electron chi connectivity index (χ0n) is 18.4. The van der Waals surface area contributed by atoms with Gasteiger partial charge in [0, 0.05) is 42.3 Å². The fraction of sp³-hybridized carbons (Fsp3) is 0.375. The van der Waals surface area contributed by atoms with Crippen molar-refractivity contribution in [1.29, 1.82) is 0 Å². The zero-order chi connectivity index (χ0) is 23.3. The topological polar surface area (TPSA) is 80.6 Å². The summed E-state index contributed by atoms with van der Waals surface area (Å²) in [5.74, 6) is -1.18. The van der Waals surface area contributed by atoms with Gasteiger partial charge in [-0.1, -0.05) is 36.4 Å². The number of morpholine rings is 1. The Labute approximate surface area is 193 Å². The lowest BCUT2D eigenvalue weighted by Gasteiger charge is -2.26. The van der Waals surface area contributed by atoms with Gasteiger partial charge in [-0.15, -0.1) is 0 Å². The highest BCUT2D eigenvalue weighted by atomic mass is 32.2. The highest BCUT2D eigenvalue weighted by Crippen LogP contribution is 2.28. The van der Waals surface area contributed by atoms with Crippen molar-refractivity contribution in [1.82, 2.24) is 14.8 Å². The first-order valence-electron chi connectivity index (χ1n) is 11.0. The summed E-state index contributed by atoms with van der Waals surface area (Å²) in [5, 5.41) is 3.44. The molecular formula is C24H28FN3O4S. The molecule has 1 aromatic heterocycles. The van der Waals surface area contributed by atoms with Gasteiger partial charge in [0.15, 0.2) is 9.84 Å². The number of benzene rings is 2. The van der Waals surface area contributed by atoms with E-state index < -0.39 is 21.4 Å². The lowest BCUT2D eigenvalue weighted by atomic mass is 10.2. The third-order valence-corrected chi connectivity index (χ3v) is 7.47. The summed E-state index contributed by atoms with van der Waals surface area (Å²) < 4.78 is 47.3. The number of rotatable bonds is 9. The highest BCUT2D eigenvalue weighted by Gasteiger charge is 2.23. The van der Waals surface area contributed by atoms with E-state index >= 15 is 0 Å². The molecule has 7 nitrogen and oxygen atoms in total. The number of nitrogens with one attached hydrogen (secondary N) is 1. The van der Waals surface area contributed by atoms with Crippen LogP contribution in [-0.4, -0.2) is 63.2 Å². The molecule has 0 aliphatic carbocycles. The number of ether oxygens (including phenoxy) is 1. The first-order valence-corrected chi connectivity index (χ1v) is 12.7. The second-order valence-corrected chi connectivity index (χ2v) is 10.1. The summed E-state index contributed by atoms with van der Waals surface area (Å²) in [7, 11) is -3.82. The molecule has 1 fully saturated rings. The van der Waals surface area contributed by atoms with Crippen molar-refractivity contribution in [2.45, 2.75) is 23.6 Å². The smallest absolute Gasteiger partial charge is 0.239 e. The molecule has 0 unspecified atom stereocenters. The number of carbonyl (C=O) groups is 1. The van der Waals surface area contributed by atoms with Crippen LogP contribution in [0.5, 0.6) is 0 Å². The Morgan fingerprint density at radius 3 is 2.58 bits per heavy atom. The number of hydrogen-bond donors (Lipinski definition) is 1. The van der Waals surface area contributed by atoms with Crippen LogP contribution >= 0.6 is 0 Å². The predicted octanol–water partition coefficient (Wildman–Crippen LogP) is 2.59. The summed E-state index contributed by atoms with van der Waals surface area (Å²) in [6.07, 6.45) is 2.31. The fourth-order valence-electron chi connectivity index (χ4n) is 4.06. The van der Waals surface area contributed by atoms with Crippen molar-refractivity contribution in [3.8, 4) is 0 Å². The fourth-order valence-corrected chi connectivity index (χ4v) is 5.65. The van der Waals surface area contributed by atoms with Crippen LogP contribution < -0.4 is 5.32 Å². The third-order valence-electron chi connectivity index (χ3n) is 5.78. The van der Waals surface area contributed by atoms with E-state index in [1.165, 1.54) is 24.4 Å². The monoisotopic (exact) mass is 473 g/mol. The van der Waals surface area contributed by atoms with Crippen LogP contribution in [0.25, 0.3) is 10.9 Å². The molecule has 1 saturated heterocycles. The average molecular weight is 474 g/mol. The number of aromatic nitrogens is 1. The number of fused-ring (bicyclic) bond motifs is 1. The molecule has 0 radical (unpaired) electrons. The van der Waals surface area contributed by atoms with Crippen molar-refractivity contribution in [2.24, 2.45) is 0 Å². The van der Waals surface area contributed by atoms with Crippen molar-refractivity contribution in [3.05, 3.63) is 66.1 Å². The van der Waals surface area contributed by atoms with Gasteiger partial charge in [-0.3, -0.25) is 9.69 Å². The Balaban J connectivity index is 1.44. The van der Waals surface area contributed by atoms with Crippen molar-refractivity contribution in [2.75, 3.05) is 39.4 Å². The molecule has 4 rings (SSSR count). The van der Waals surface area contributed by atoms with Crippen molar-refractivity contribution >= 4 is 26.6 Å². The number of halogens is 1. The van der Waals surface area contributed by atoms with Crippen LogP contribution in [0.15, 0.2) is 59.6 Å². The van der Waals surface area contributed by atoms with Gasteiger partial charge in [0.2, 0.25) is 5.91 Å². The van der Waals surface area contributed by atoms with Crippen molar-refractivity contribution in [3.63, 3.8) is 0 Å². The van der Waals surface area contributed by atoms with Gasteiger partial charge in [0.1, 0.15) is 12.4 Å². The van der Waals surface area contributed by atoms with Crippen LogP contribution in [0.2, 0.25) is 0 Å². The minimum atomic E-state index is -3.82. The van der Waals surface area contributed by atoms with Gasteiger partial charge >= 0.3 is 0 Å². The molecule has 0 bridgehead atoms. The maximum atomic E-state index is 14.1. The predicted molar refractivity (Wildman–Crippen MR) is 124 cm³/mol. The highest BCUT2D eigenvalue weighted by molar-refractivity contribution is 7.90. The van der Waals surface area contributed by atoms with Crippen LogP contribution in [0, 0.1) is 5.82 Å². The second-order valence-electron chi connectivity index (χ2n) is 8.15. The molecule has 0 spiro atoms. The van der Waals surface area contributed by atoms with E-state index in [2.05, 4.69) is 10.2 Å². The minimum Gasteiger partial charge on any atom is -0.379 e. The van der Waals surface area contributed by atoms with Gasteiger partial charge < -0.3 is 14.6 Å². The molecule has 1 N–H and O–H groups in total. The molecule has 2 aromatic carbocycles. The van der Waals surface area contributed by atoms with E-state index in [1.807, 2.05) is 0 Å². The normalized spacial score (nSPS) is 15.1. The van der Waals surface area contributed by atoms with E-state index in [9.17, 15) is 17.6 Å². The van der Waals surface area contributed by atoms with E-state index in [4.69, 9.17) is 4.74 Å². The van der Waals surface area contributed by atoms with Crippen LogP contribution in [-0.2, 0) is 31.7 Å². The molecular weight excluding hydrogens is 445 g/mol.